The van der Waals surface area contributed by atoms with Crippen LogP contribution in [0.1, 0.15) is 18.4 Å². The molecule has 0 saturated carbocycles. The van der Waals surface area contributed by atoms with Gasteiger partial charge in [-0.05, 0) is 36.6 Å². The summed E-state index contributed by atoms with van der Waals surface area (Å²) in [6.07, 6.45) is 1.72. The number of nitrogens with one attached hydrogen (secondary N) is 1. The van der Waals surface area contributed by atoms with E-state index in [1.807, 2.05) is 18.2 Å². The number of thiazole rings is 1. The first-order chi connectivity index (χ1) is 13.5. The highest BCUT2D eigenvalue weighted by Crippen LogP contribution is 2.30. The quantitative estimate of drug-likeness (QED) is 0.448. The van der Waals surface area contributed by atoms with Gasteiger partial charge in [-0.25, -0.2) is 4.98 Å². The molecule has 1 N–H and O–H groups in total. The van der Waals surface area contributed by atoms with Crippen molar-refractivity contribution in [1.29, 1.82) is 0 Å². The molecule has 146 valence electrons. The van der Waals surface area contributed by atoms with Crippen molar-refractivity contribution >= 4 is 38.3 Å². The largest absolute Gasteiger partial charge is 0.493 e. The minimum atomic E-state index is -0.453. The molecule has 0 atom stereocenters. The van der Waals surface area contributed by atoms with Crippen LogP contribution in [0.4, 0.5) is 10.8 Å². The van der Waals surface area contributed by atoms with Gasteiger partial charge in [-0.3, -0.25) is 14.9 Å². The second-order valence-corrected chi connectivity index (χ2v) is 7.05. The Morgan fingerprint density at radius 3 is 2.68 bits per heavy atom. The van der Waals surface area contributed by atoms with E-state index < -0.39 is 4.92 Å². The topological polar surface area (TPSA) is 104 Å². The van der Waals surface area contributed by atoms with Gasteiger partial charge in [0.25, 0.3) is 5.69 Å². The van der Waals surface area contributed by atoms with Gasteiger partial charge in [-0.1, -0.05) is 17.4 Å². The Kier molecular flexibility index (Phi) is 6.05. The second kappa shape index (κ2) is 8.66. The zero-order valence-corrected chi connectivity index (χ0v) is 16.2. The molecule has 28 heavy (non-hydrogen) atoms. The maximum Gasteiger partial charge on any atom is 0.270 e. The first kappa shape index (κ1) is 19.6. The number of amides is 1. The maximum atomic E-state index is 12.2. The number of carbonyl (C=O) groups excluding carboxylic acids is 1. The van der Waals surface area contributed by atoms with Gasteiger partial charge in [0.2, 0.25) is 5.91 Å². The van der Waals surface area contributed by atoms with Gasteiger partial charge in [0.05, 0.1) is 29.4 Å². The number of hydrogen-bond donors (Lipinski definition) is 1. The predicted octanol–water partition coefficient (Wildman–Crippen LogP) is 4.18. The molecule has 0 saturated heterocycles. The number of methoxy groups -OCH3 is 2. The van der Waals surface area contributed by atoms with E-state index in [4.69, 9.17) is 9.47 Å². The summed E-state index contributed by atoms with van der Waals surface area (Å²) < 4.78 is 11.2. The van der Waals surface area contributed by atoms with Crippen LogP contribution >= 0.6 is 11.3 Å². The van der Waals surface area contributed by atoms with Crippen LogP contribution in [0.15, 0.2) is 36.4 Å². The monoisotopic (exact) mass is 401 g/mol. The summed E-state index contributed by atoms with van der Waals surface area (Å²) in [7, 11) is 3.17. The predicted molar refractivity (Wildman–Crippen MR) is 107 cm³/mol. The molecule has 8 nitrogen and oxygen atoms in total. The summed E-state index contributed by atoms with van der Waals surface area (Å²) in [6, 6.07) is 10.1. The Morgan fingerprint density at radius 2 is 1.96 bits per heavy atom. The van der Waals surface area contributed by atoms with E-state index in [1.165, 1.54) is 23.5 Å². The first-order valence-electron chi connectivity index (χ1n) is 8.56. The van der Waals surface area contributed by atoms with Crippen LogP contribution < -0.4 is 14.8 Å². The third-order valence-corrected chi connectivity index (χ3v) is 5.08. The summed E-state index contributed by atoms with van der Waals surface area (Å²) in [5, 5.41) is 14.0. The molecule has 0 aliphatic carbocycles. The molecule has 3 rings (SSSR count). The van der Waals surface area contributed by atoms with E-state index in [0.29, 0.717) is 39.7 Å². The number of nitrogens with zero attached hydrogens (tertiary/aromatic N) is 2. The number of fused-ring (bicyclic) bond motifs is 1. The number of aromatic nitrogens is 1. The molecule has 3 aromatic rings. The van der Waals surface area contributed by atoms with E-state index in [9.17, 15) is 14.9 Å². The Bertz CT molecular complexity index is 1020. The lowest BCUT2D eigenvalue weighted by atomic mass is 10.1. The molecule has 1 amide bonds. The molecule has 0 spiro atoms. The van der Waals surface area contributed by atoms with Gasteiger partial charge in [-0.15, -0.1) is 0 Å². The Labute approximate surface area is 165 Å². The summed E-state index contributed by atoms with van der Waals surface area (Å²) in [5.41, 5.74) is 1.68. The highest BCUT2D eigenvalue weighted by Gasteiger charge is 2.12. The third-order valence-electron chi connectivity index (χ3n) is 4.15. The number of nitro benzene ring substituents is 1. The molecule has 2 aromatic carbocycles. The zero-order chi connectivity index (χ0) is 20.1. The Hall–Kier alpha value is -3.20. The molecule has 0 fully saturated rings. The average molecular weight is 401 g/mol. The zero-order valence-electron chi connectivity index (χ0n) is 15.4. The van der Waals surface area contributed by atoms with Crippen LogP contribution in [0.2, 0.25) is 0 Å². The maximum absolute atomic E-state index is 12.2. The van der Waals surface area contributed by atoms with Crippen LogP contribution in [0.3, 0.4) is 0 Å². The van der Waals surface area contributed by atoms with E-state index in [-0.39, 0.29) is 11.6 Å². The lowest BCUT2D eigenvalue weighted by molar-refractivity contribution is -0.384. The summed E-state index contributed by atoms with van der Waals surface area (Å²) >= 11 is 1.22. The van der Waals surface area contributed by atoms with Crippen molar-refractivity contribution < 1.29 is 19.2 Å². The lowest BCUT2D eigenvalue weighted by Crippen LogP contribution is -2.11. The van der Waals surface area contributed by atoms with Gasteiger partial charge in [0, 0.05) is 18.6 Å². The number of aryl methyl sites for hydroxylation is 1. The number of ether oxygens (including phenoxy) is 2. The second-order valence-electron chi connectivity index (χ2n) is 6.02. The Morgan fingerprint density at radius 1 is 1.18 bits per heavy atom. The molecule has 9 heteroatoms. The number of hydrogen-bond acceptors (Lipinski definition) is 7. The molecule has 0 unspecified atom stereocenters. The van der Waals surface area contributed by atoms with Crippen LogP contribution in [0.25, 0.3) is 10.2 Å². The molecular formula is C19H19N3O5S. The van der Waals surface area contributed by atoms with Crippen LogP contribution in [-0.4, -0.2) is 30.0 Å². The number of anilines is 1. The third kappa shape index (κ3) is 4.55. The van der Waals surface area contributed by atoms with E-state index in [2.05, 4.69) is 10.3 Å². The minimum absolute atomic E-state index is 0.00365. The number of nitro groups is 1. The Balaban J connectivity index is 1.56. The van der Waals surface area contributed by atoms with Gasteiger partial charge in [0.15, 0.2) is 16.6 Å². The van der Waals surface area contributed by atoms with Crippen LogP contribution in [0, 0.1) is 10.1 Å². The van der Waals surface area contributed by atoms with Crippen LogP contribution in [-0.2, 0) is 11.2 Å². The van der Waals surface area contributed by atoms with E-state index in [1.54, 1.807) is 20.3 Å². The number of benzene rings is 2. The smallest absolute Gasteiger partial charge is 0.270 e. The molecule has 0 aliphatic heterocycles. The highest BCUT2D eigenvalue weighted by molar-refractivity contribution is 7.22. The van der Waals surface area contributed by atoms with E-state index >= 15 is 0 Å². The van der Waals surface area contributed by atoms with Crippen molar-refractivity contribution in [2.24, 2.45) is 0 Å². The molecule has 1 heterocycles. The number of carbonyl (C=O) groups is 1. The average Bonchev–Trinajstić information content (AvgIpc) is 3.08. The van der Waals surface area contributed by atoms with Gasteiger partial charge >= 0.3 is 0 Å². The van der Waals surface area contributed by atoms with Gasteiger partial charge < -0.3 is 14.8 Å². The first-order valence-corrected chi connectivity index (χ1v) is 9.37. The normalized spacial score (nSPS) is 10.6. The van der Waals surface area contributed by atoms with Gasteiger partial charge in [-0.2, -0.15) is 0 Å². The van der Waals surface area contributed by atoms with Crippen molar-refractivity contribution in [3.8, 4) is 11.5 Å². The van der Waals surface area contributed by atoms with Crippen molar-refractivity contribution in [1.82, 2.24) is 4.98 Å². The lowest BCUT2D eigenvalue weighted by Gasteiger charge is -2.09. The summed E-state index contributed by atoms with van der Waals surface area (Å²) in [4.78, 5) is 26.9. The number of non-ortho nitro benzene ring substituents is 1. The van der Waals surface area contributed by atoms with Crippen molar-refractivity contribution in [3.05, 3.63) is 52.1 Å². The molecule has 0 radical (unpaired) electrons. The fraction of sp³-hybridized carbons (Fsp3) is 0.263. The molecule has 0 aliphatic rings. The minimum Gasteiger partial charge on any atom is -0.493 e. The molecular weight excluding hydrogens is 382 g/mol. The molecule has 0 bridgehead atoms. The van der Waals surface area contributed by atoms with Gasteiger partial charge in [0.1, 0.15) is 0 Å². The van der Waals surface area contributed by atoms with Crippen molar-refractivity contribution in [3.63, 3.8) is 0 Å². The highest BCUT2D eigenvalue weighted by atomic mass is 32.1. The fourth-order valence-corrected chi connectivity index (χ4v) is 3.67. The summed E-state index contributed by atoms with van der Waals surface area (Å²) in [6.45, 7) is 0. The number of rotatable bonds is 8. The fourth-order valence-electron chi connectivity index (χ4n) is 2.75. The van der Waals surface area contributed by atoms with Crippen molar-refractivity contribution in [2.45, 2.75) is 19.3 Å². The van der Waals surface area contributed by atoms with Crippen LogP contribution in [0.5, 0.6) is 11.5 Å². The SMILES string of the molecule is COc1ccc(CCCC(=O)Nc2nc3ccc([N+](=O)[O-])cc3s2)cc1OC. The standard InChI is InChI=1S/C19H19N3O5S/c1-26-15-9-6-12(10-16(15)27-2)4-3-5-18(23)21-19-20-14-8-7-13(22(24)25)11-17(14)28-19/h6-11H,3-5H2,1-2H3,(H,20,21,23). The van der Waals surface area contributed by atoms with E-state index in [0.717, 1.165) is 12.0 Å². The molecule has 1 aromatic heterocycles. The summed E-state index contributed by atoms with van der Waals surface area (Å²) in [5.74, 6) is 1.18. The van der Waals surface area contributed by atoms with Crippen molar-refractivity contribution in [2.75, 3.05) is 19.5 Å².